The number of nitrogens with one attached hydrogen (secondary N) is 1. The molecule has 0 aromatic heterocycles. The van der Waals surface area contributed by atoms with Gasteiger partial charge in [-0.2, -0.15) is 0 Å². The van der Waals surface area contributed by atoms with Crippen molar-refractivity contribution in [1.82, 2.24) is 5.32 Å². The molecule has 0 fully saturated rings. The summed E-state index contributed by atoms with van der Waals surface area (Å²) in [5, 5.41) is 15.1. The molecular formula is C17H19N3O. The number of amidine groups is 1. The molecule has 0 saturated heterocycles. The molecule has 0 saturated carbocycles. The molecule has 0 heterocycles. The predicted molar refractivity (Wildman–Crippen MR) is 83.5 cm³/mol. The Kier molecular flexibility index (Phi) is 3.88. The van der Waals surface area contributed by atoms with Crippen LogP contribution in [0.15, 0.2) is 53.7 Å². The molecular weight excluding hydrogens is 262 g/mol. The van der Waals surface area contributed by atoms with Gasteiger partial charge in [0.05, 0.1) is 0 Å². The van der Waals surface area contributed by atoms with E-state index in [9.17, 15) is 0 Å². The van der Waals surface area contributed by atoms with Crippen molar-refractivity contribution in [3.8, 4) is 0 Å². The average Bonchev–Trinajstić information content (AvgIpc) is 2.51. The highest BCUT2D eigenvalue weighted by atomic mass is 16.4. The number of benzene rings is 2. The Morgan fingerprint density at radius 2 is 1.95 bits per heavy atom. The van der Waals surface area contributed by atoms with Crippen molar-refractivity contribution in [3.05, 3.63) is 70.8 Å². The van der Waals surface area contributed by atoms with Crippen LogP contribution in [0.1, 0.15) is 28.2 Å². The molecule has 0 spiro atoms. The Morgan fingerprint density at radius 1 is 1.19 bits per heavy atom. The van der Waals surface area contributed by atoms with Gasteiger partial charge < -0.3 is 16.3 Å². The van der Waals surface area contributed by atoms with Crippen molar-refractivity contribution in [2.75, 3.05) is 6.54 Å². The van der Waals surface area contributed by atoms with E-state index in [4.69, 9.17) is 10.9 Å². The summed E-state index contributed by atoms with van der Waals surface area (Å²) in [5.74, 6) is 0.776. The molecule has 3 rings (SSSR count). The highest BCUT2D eigenvalue weighted by Gasteiger charge is 2.24. The van der Waals surface area contributed by atoms with E-state index >= 15 is 0 Å². The van der Waals surface area contributed by atoms with E-state index in [1.807, 2.05) is 24.3 Å². The minimum absolute atomic E-state index is 0.139. The lowest BCUT2D eigenvalue weighted by molar-refractivity contribution is 0.318. The van der Waals surface area contributed by atoms with E-state index in [1.54, 1.807) is 0 Å². The first-order valence-electron chi connectivity index (χ1n) is 7.13. The maximum atomic E-state index is 8.62. The van der Waals surface area contributed by atoms with E-state index < -0.39 is 0 Å². The van der Waals surface area contributed by atoms with Crippen LogP contribution in [0.5, 0.6) is 0 Å². The first-order chi connectivity index (χ1) is 10.3. The second kappa shape index (κ2) is 5.97. The van der Waals surface area contributed by atoms with Gasteiger partial charge in [0.1, 0.15) is 0 Å². The van der Waals surface area contributed by atoms with Crippen LogP contribution in [-0.2, 0) is 13.0 Å². The number of hydrogen-bond acceptors (Lipinski definition) is 3. The highest BCUT2D eigenvalue weighted by Crippen LogP contribution is 2.33. The van der Waals surface area contributed by atoms with Gasteiger partial charge in [0.25, 0.3) is 0 Å². The number of rotatable bonds is 5. The van der Waals surface area contributed by atoms with E-state index in [-0.39, 0.29) is 5.84 Å². The molecule has 1 unspecified atom stereocenters. The zero-order chi connectivity index (χ0) is 14.7. The summed E-state index contributed by atoms with van der Waals surface area (Å²) in [6.45, 7) is 1.83. The monoisotopic (exact) mass is 281 g/mol. The average molecular weight is 281 g/mol. The molecule has 0 amide bonds. The van der Waals surface area contributed by atoms with Gasteiger partial charge in [-0.3, -0.25) is 0 Å². The van der Waals surface area contributed by atoms with Crippen LogP contribution in [-0.4, -0.2) is 17.6 Å². The third-order valence-corrected chi connectivity index (χ3v) is 4.04. The lowest BCUT2D eigenvalue weighted by Crippen LogP contribution is -2.28. The quantitative estimate of drug-likeness (QED) is 0.340. The summed E-state index contributed by atoms with van der Waals surface area (Å²) in [7, 11) is 0. The Morgan fingerprint density at radius 3 is 2.67 bits per heavy atom. The Bertz CT molecular complexity index is 649. The molecule has 21 heavy (non-hydrogen) atoms. The Balaban J connectivity index is 1.50. The number of oxime groups is 1. The largest absolute Gasteiger partial charge is 0.409 e. The third kappa shape index (κ3) is 2.90. The van der Waals surface area contributed by atoms with E-state index in [2.05, 4.69) is 34.7 Å². The van der Waals surface area contributed by atoms with Gasteiger partial charge in [-0.1, -0.05) is 53.7 Å². The summed E-state index contributed by atoms with van der Waals surface area (Å²) >= 11 is 0. The number of fused-ring (bicyclic) bond motifs is 1. The van der Waals surface area contributed by atoms with Crippen LogP contribution in [0, 0.1) is 0 Å². The molecule has 2 aromatic carbocycles. The molecule has 4 heteroatoms. The molecule has 1 atom stereocenters. The van der Waals surface area contributed by atoms with Crippen LogP contribution in [0.3, 0.4) is 0 Å². The molecule has 108 valence electrons. The maximum Gasteiger partial charge on any atom is 0.170 e. The standard InChI is InChI=1S/C17H19N3O/c18-17(20-21)13-7-5-12(6-8-13)10-19-11-15-9-14-3-1-2-4-16(14)15/h1-8,15,19,21H,9-11H2,(H2,18,20). The number of nitrogens with zero attached hydrogens (tertiary/aromatic N) is 1. The van der Waals surface area contributed by atoms with E-state index in [1.165, 1.54) is 23.1 Å². The lowest BCUT2D eigenvalue weighted by Gasteiger charge is -2.30. The molecule has 0 bridgehead atoms. The molecule has 1 aliphatic rings. The Hall–Kier alpha value is -2.33. The summed E-state index contributed by atoms with van der Waals surface area (Å²) in [4.78, 5) is 0. The van der Waals surface area contributed by atoms with Crippen LogP contribution >= 0.6 is 0 Å². The van der Waals surface area contributed by atoms with Crippen molar-refractivity contribution in [2.24, 2.45) is 10.9 Å². The normalized spacial score (nSPS) is 17.1. The number of nitrogens with two attached hydrogens (primary N) is 1. The van der Waals surface area contributed by atoms with Crippen molar-refractivity contribution in [3.63, 3.8) is 0 Å². The first kappa shape index (κ1) is 13.6. The topological polar surface area (TPSA) is 70.6 Å². The smallest absolute Gasteiger partial charge is 0.170 e. The summed E-state index contributed by atoms with van der Waals surface area (Å²) in [5.41, 5.74) is 10.4. The van der Waals surface area contributed by atoms with Crippen molar-refractivity contribution >= 4 is 5.84 Å². The van der Waals surface area contributed by atoms with Gasteiger partial charge in [0.2, 0.25) is 0 Å². The fourth-order valence-electron chi connectivity index (χ4n) is 2.79. The highest BCUT2D eigenvalue weighted by molar-refractivity contribution is 5.96. The van der Waals surface area contributed by atoms with Gasteiger partial charge in [-0.05, 0) is 23.1 Å². The van der Waals surface area contributed by atoms with Crippen molar-refractivity contribution in [1.29, 1.82) is 0 Å². The van der Waals surface area contributed by atoms with Crippen LogP contribution < -0.4 is 11.1 Å². The number of hydrogen-bond donors (Lipinski definition) is 3. The summed E-state index contributed by atoms with van der Waals surface area (Å²) in [6.07, 6.45) is 1.17. The van der Waals surface area contributed by atoms with Crippen LogP contribution in [0.2, 0.25) is 0 Å². The minimum atomic E-state index is 0.139. The van der Waals surface area contributed by atoms with Crippen LogP contribution in [0.25, 0.3) is 0 Å². The second-order valence-electron chi connectivity index (χ2n) is 5.41. The van der Waals surface area contributed by atoms with Gasteiger partial charge in [-0.25, -0.2) is 0 Å². The summed E-state index contributed by atoms with van der Waals surface area (Å²) in [6, 6.07) is 16.4. The first-order valence-corrected chi connectivity index (χ1v) is 7.13. The third-order valence-electron chi connectivity index (χ3n) is 4.04. The molecule has 1 aliphatic carbocycles. The molecule has 4 N–H and O–H groups in total. The molecule has 0 radical (unpaired) electrons. The molecule has 4 nitrogen and oxygen atoms in total. The fraction of sp³-hybridized carbons (Fsp3) is 0.235. The SMILES string of the molecule is NC(=NO)c1ccc(CNCC2Cc3ccccc32)cc1. The fourth-order valence-corrected chi connectivity index (χ4v) is 2.79. The lowest BCUT2D eigenvalue weighted by atomic mass is 9.77. The van der Waals surface area contributed by atoms with Crippen molar-refractivity contribution < 1.29 is 5.21 Å². The second-order valence-corrected chi connectivity index (χ2v) is 5.41. The van der Waals surface area contributed by atoms with E-state index in [0.29, 0.717) is 5.92 Å². The minimum Gasteiger partial charge on any atom is -0.409 e. The van der Waals surface area contributed by atoms with Crippen molar-refractivity contribution in [2.45, 2.75) is 18.9 Å². The zero-order valence-electron chi connectivity index (χ0n) is 11.8. The van der Waals surface area contributed by atoms with Gasteiger partial charge in [-0.15, -0.1) is 0 Å². The van der Waals surface area contributed by atoms with E-state index in [0.717, 1.165) is 18.7 Å². The Labute approximate surface area is 124 Å². The summed E-state index contributed by atoms with van der Waals surface area (Å²) < 4.78 is 0. The molecule has 2 aromatic rings. The zero-order valence-corrected chi connectivity index (χ0v) is 11.8. The predicted octanol–water partition coefficient (Wildman–Crippen LogP) is 2.21. The van der Waals surface area contributed by atoms with Crippen LogP contribution in [0.4, 0.5) is 0 Å². The van der Waals surface area contributed by atoms with Gasteiger partial charge >= 0.3 is 0 Å². The van der Waals surface area contributed by atoms with Gasteiger partial charge in [0.15, 0.2) is 5.84 Å². The van der Waals surface area contributed by atoms with Gasteiger partial charge in [0, 0.05) is 24.6 Å². The molecule has 0 aliphatic heterocycles. The maximum absolute atomic E-state index is 8.62.